The zero-order chi connectivity index (χ0) is 21.9. The van der Waals surface area contributed by atoms with Crippen molar-refractivity contribution in [1.29, 1.82) is 5.26 Å². The van der Waals surface area contributed by atoms with Crippen molar-refractivity contribution in [2.24, 2.45) is 0 Å². The molecule has 1 aromatic carbocycles. The Morgan fingerprint density at radius 2 is 2.07 bits per heavy atom. The standard InChI is InChI=1S/C19H17F4N5O2/c1-30-16-3-2-11(8-13(16)20)12-4-7-28(17-14(9-24)25-5-6-26-17)10-15(12)27-18(29)19(21,22)23/h2-3,5-6,8,12,15H,4,7,10H2,1H3,(H,27,29). The van der Waals surface area contributed by atoms with E-state index in [2.05, 4.69) is 9.97 Å². The molecule has 1 saturated heterocycles. The van der Waals surface area contributed by atoms with Crippen LogP contribution < -0.4 is 15.0 Å². The summed E-state index contributed by atoms with van der Waals surface area (Å²) in [7, 11) is 1.30. The Kier molecular flexibility index (Phi) is 6.05. The molecule has 11 heteroatoms. The predicted octanol–water partition coefficient (Wildman–Crippen LogP) is 2.54. The fraction of sp³-hybridized carbons (Fsp3) is 0.368. The number of hydrogen-bond donors (Lipinski definition) is 1. The third kappa shape index (κ3) is 4.42. The number of nitrogens with zero attached hydrogens (tertiary/aromatic N) is 4. The van der Waals surface area contributed by atoms with Gasteiger partial charge in [-0.05, 0) is 24.1 Å². The number of alkyl halides is 3. The molecule has 1 N–H and O–H groups in total. The first-order valence-corrected chi connectivity index (χ1v) is 8.91. The van der Waals surface area contributed by atoms with Crippen molar-refractivity contribution in [3.05, 3.63) is 47.7 Å². The van der Waals surface area contributed by atoms with Crippen LogP contribution in [-0.4, -0.2) is 48.3 Å². The lowest BCUT2D eigenvalue weighted by molar-refractivity contribution is -0.174. The molecule has 30 heavy (non-hydrogen) atoms. The van der Waals surface area contributed by atoms with E-state index < -0.39 is 29.9 Å². The maximum absolute atomic E-state index is 14.2. The molecular formula is C19H17F4N5O2. The zero-order valence-corrected chi connectivity index (χ0v) is 15.8. The summed E-state index contributed by atoms with van der Waals surface area (Å²) in [5.41, 5.74) is 0.451. The summed E-state index contributed by atoms with van der Waals surface area (Å²) in [5, 5.41) is 11.2. The molecule has 1 aliphatic rings. The van der Waals surface area contributed by atoms with E-state index in [9.17, 15) is 27.6 Å². The number of ether oxygens (including phenoxy) is 1. The van der Waals surface area contributed by atoms with Gasteiger partial charge in [0.05, 0.1) is 13.2 Å². The van der Waals surface area contributed by atoms with Crippen LogP contribution in [0.25, 0.3) is 0 Å². The van der Waals surface area contributed by atoms with Gasteiger partial charge in [-0.2, -0.15) is 18.4 Å². The molecule has 0 aliphatic carbocycles. The molecule has 7 nitrogen and oxygen atoms in total. The average Bonchev–Trinajstić information content (AvgIpc) is 2.73. The lowest BCUT2D eigenvalue weighted by atomic mass is 9.85. The van der Waals surface area contributed by atoms with E-state index in [4.69, 9.17) is 4.74 Å². The van der Waals surface area contributed by atoms with E-state index in [1.807, 2.05) is 11.4 Å². The van der Waals surface area contributed by atoms with E-state index in [1.54, 1.807) is 11.0 Å². The Balaban J connectivity index is 1.92. The maximum Gasteiger partial charge on any atom is 0.471 e. The molecule has 1 amide bonds. The molecule has 1 fully saturated rings. The summed E-state index contributed by atoms with van der Waals surface area (Å²) in [4.78, 5) is 21.2. The van der Waals surface area contributed by atoms with Gasteiger partial charge in [-0.15, -0.1) is 0 Å². The minimum absolute atomic E-state index is 0.00489. The molecule has 2 atom stereocenters. The van der Waals surface area contributed by atoms with Gasteiger partial charge in [-0.3, -0.25) is 4.79 Å². The average molecular weight is 423 g/mol. The largest absolute Gasteiger partial charge is 0.494 e. The van der Waals surface area contributed by atoms with Crippen molar-refractivity contribution < 1.29 is 27.1 Å². The molecular weight excluding hydrogens is 406 g/mol. The smallest absolute Gasteiger partial charge is 0.471 e. The van der Waals surface area contributed by atoms with Crippen LogP contribution in [0.15, 0.2) is 30.6 Å². The number of carbonyl (C=O) groups is 1. The number of aromatic nitrogens is 2. The summed E-state index contributed by atoms with van der Waals surface area (Å²) in [6, 6.07) is 5.01. The Morgan fingerprint density at radius 1 is 1.33 bits per heavy atom. The van der Waals surface area contributed by atoms with Gasteiger partial charge >= 0.3 is 12.1 Å². The highest BCUT2D eigenvalue weighted by atomic mass is 19.4. The first-order valence-electron chi connectivity index (χ1n) is 8.91. The molecule has 158 valence electrons. The molecule has 0 radical (unpaired) electrons. The van der Waals surface area contributed by atoms with Gasteiger partial charge in [-0.1, -0.05) is 6.07 Å². The van der Waals surface area contributed by atoms with Crippen LogP contribution in [0.2, 0.25) is 0 Å². The normalized spacial score (nSPS) is 19.1. The minimum Gasteiger partial charge on any atom is -0.494 e. The van der Waals surface area contributed by atoms with Gasteiger partial charge in [0.25, 0.3) is 0 Å². The van der Waals surface area contributed by atoms with Crippen LogP contribution in [-0.2, 0) is 4.79 Å². The summed E-state index contributed by atoms with van der Waals surface area (Å²) in [6.45, 7) is 0.261. The van der Waals surface area contributed by atoms with Crippen LogP contribution in [0, 0.1) is 17.1 Å². The number of amides is 1. The molecule has 1 aliphatic heterocycles. The number of carbonyl (C=O) groups excluding carboxylic acids is 1. The van der Waals surface area contributed by atoms with Crippen molar-refractivity contribution in [2.75, 3.05) is 25.1 Å². The fourth-order valence-electron chi connectivity index (χ4n) is 3.49. The second-order valence-electron chi connectivity index (χ2n) is 6.65. The number of nitriles is 1. The first kappa shape index (κ1) is 21.3. The number of methoxy groups -OCH3 is 1. The summed E-state index contributed by atoms with van der Waals surface area (Å²) in [5.74, 6) is -3.11. The van der Waals surface area contributed by atoms with Crippen molar-refractivity contribution >= 4 is 11.7 Å². The Labute approximate surface area is 169 Å². The number of halogens is 4. The van der Waals surface area contributed by atoms with Crippen molar-refractivity contribution in [2.45, 2.75) is 24.6 Å². The van der Waals surface area contributed by atoms with Gasteiger partial charge in [0, 0.05) is 31.4 Å². The second-order valence-corrected chi connectivity index (χ2v) is 6.65. The molecule has 3 rings (SSSR count). The van der Waals surface area contributed by atoms with Crippen LogP contribution in [0.4, 0.5) is 23.4 Å². The monoisotopic (exact) mass is 423 g/mol. The molecule has 2 aromatic rings. The van der Waals surface area contributed by atoms with E-state index in [0.29, 0.717) is 12.1 Å². The molecule has 0 bridgehead atoms. The summed E-state index contributed by atoms with van der Waals surface area (Å²) < 4.78 is 57.6. The minimum atomic E-state index is -5.07. The Hall–Kier alpha value is -3.42. The highest BCUT2D eigenvalue weighted by Gasteiger charge is 2.42. The van der Waals surface area contributed by atoms with Gasteiger partial charge in [0.2, 0.25) is 0 Å². The number of piperidine rings is 1. The SMILES string of the molecule is COc1ccc(C2CCN(c3nccnc3C#N)CC2NC(=O)C(F)(F)F)cc1F. The lowest BCUT2D eigenvalue weighted by Crippen LogP contribution is -2.54. The molecule has 0 saturated carbocycles. The molecule has 2 heterocycles. The Morgan fingerprint density at radius 3 is 2.70 bits per heavy atom. The molecule has 0 spiro atoms. The van der Waals surface area contributed by atoms with E-state index >= 15 is 0 Å². The number of rotatable bonds is 4. The molecule has 2 unspecified atom stereocenters. The van der Waals surface area contributed by atoms with Gasteiger partial charge < -0.3 is 15.0 Å². The number of hydrogen-bond acceptors (Lipinski definition) is 6. The van der Waals surface area contributed by atoms with Crippen molar-refractivity contribution in [3.63, 3.8) is 0 Å². The van der Waals surface area contributed by atoms with E-state index in [0.717, 1.165) is 0 Å². The predicted molar refractivity (Wildman–Crippen MR) is 97.3 cm³/mol. The highest BCUT2D eigenvalue weighted by Crippen LogP contribution is 2.33. The highest BCUT2D eigenvalue weighted by molar-refractivity contribution is 5.82. The van der Waals surface area contributed by atoms with Crippen LogP contribution in [0.1, 0.15) is 23.6 Å². The third-order valence-electron chi connectivity index (χ3n) is 4.88. The van der Waals surface area contributed by atoms with E-state index in [1.165, 1.54) is 31.6 Å². The summed E-state index contributed by atoms with van der Waals surface area (Å²) >= 11 is 0. The van der Waals surface area contributed by atoms with Crippen LogP contribution >= 0.6 is 0 Å². The van der Waals surface area contributed by atoms with Gasteiger partial charge in [-0.25, -0.2) is 14.4 Å². The van der Waals surface area contributed by atoms with Gasteiger partial charge in [0.1, 0.15) is 6.07 Å². The van der Waals surface area contributed by atoms with Crippen LogP contribution in [0.5, 0.6) is 5.75 Å². The maximum atomic E-state index is 14.2. The van der Waals surface area contributed by atoms with Crippen molar-refractivity contribution in [3.8, 4) is 11.8 Å². The second kappa shape index (κ2) is 8.52. The van der Waals surface area contributed by atoms with Gasteiger partial charge in [0.15, 0.2) is 23.1 Å². The number of benzene rings is 1. The summed E-state index contributed by atoms with van der Waals surface area (Å²) in [6.07, 6.45) is -2.08. The number of anilines is 1. The fourth-order valence-corrected chi connectivity index (χ4v) is 3.49. The quantitative estimate of drug-likeness (QED) is 0.760. The first-order chi connectivity index (χ1) is 14.2. The number of nitrogens with one attached hydrogen (secondary N) is 1. The Bertz CT molecular complexity index is 976. The van der Waals surface area contributed by atoms with Crippen LogP contribution in [0.3, 0.4) is 0 Å². The molecule has 1 aromatic heterocycles. The third-order valence-corrected chi connectivity index (χ3v) is 4.88. The zero-order valence-electron chi connectivity index (χ0n) is 15.8. The van der Waals surface area contributed by atoms with Crippen molar-refractivity contribution in [1.82, 2.24) is 15.3 Å². The van der Waals surface area contributed by atoms with E-state index in [-0.39, 0.29) is 30.2 Å². The lowest BCUT2D eigenvalue weighted by Gasteiger charge is -2.40. The topological polar surface area (TPSA) is 91.1 Å².